The maximum absolute atomic E-state index is 12.7. The minimum Gasteiger partial charge on any atom is -0.507 e. The molecule has 0 saturated heterocycles. The Balaban J connectivity index is 2.06. The van der Waals surface area contributed by atoms with Gasteiger partial charge in [-0.05, 0) is 24.5 Å². The van der Waals surface area contributed by atoms with E-state index in [1.165, 1.54) is 0 Å². The number of hydrogen-bond acceptors (Lipinski definition) is 3. The van der Waals surface area contributed by atoms with E-state index in [0.717, 1.165) is 18.4 Å². The Kier molecular flexibility index (Phi) is 2.16. The van der Waals surface area contributed by atoms with Crippen LogP contribution in [0.25, 0.3) is 5.76 Å². The highest BCUT2D eigenvalue weighted by Crippen LogP contribution is 2.45. The molecule has 3 aliphatic rings. The van der Waals surface area contributed by atoms with Crippen molar-refractivity contribution in [3.8, 4) is 0 Å². The molecule has 3 aliphatic carbocycles. The van der Waals surface area contributed by atoms with Crippen LogP contribution < -0.4 is 0 Å². The molecule has 20 heavy (non-hydrogen) atoms. The average Bonchev–Trinajstić information content (AvgIpc) is 2.86. The van der Waals surface area contributed by atoms with Crippen LogP contribution in [0.4, 0.5) is 0 Å². The average molecular weight is 264 g/mol. The van der Waals surface area contributed by atoms with Gasteiger partial charge in [0.1, 0.15) is 5.76 Å². The Morgan fingerprint density at radius 1 is 0.950 bits per heavy atom. The fourth-order valence-electron chi connectivity index (χ4n) is 3.28. The molecule has 1 fully saturated rings. The number of Topliss-reactive ketones (excluding diaryl/α,β-unsaturated/α-hetero) is 2. The number of benzene rings is 1. The lowest BCUT2D eigenvalue weighted by Gasteiger charge is -2.19. The summed E-state index contributed by atoms with van der Waals surface area (Å²) in [6.45, 7) is 0. The molecule has 3 heteroatoms. The van der Waals surface area contributed by atoms with Gasteiger partial charge in [-0.2, -0.15) is 0 Å². The zero-order valence-corrected chi connectivity index (χ0v) is 10.8. The molecule has 1 saturated carbocycles. The highest BCUT2D eigenvalue weighted by atomic mass is 16.3. The SMILES string of the molecule is O=C1CCCC2=CC3=C(O)c4ccccc4C(=O)C3=C12. The van der Waals surface area contributed by atoms with Gasteiger partial charge < -0.3 is 5.11 Å². The van der Waals surface area contributed by atoms with Gasteiger partial charge in [-0.15, -0.1) is 0 Å². The van der Waals surface area contributed by atoms with Gasteiger partial charge in [0, 0.05) is 34.3 Å². The molecular formula is C17H12O3. The van der Waals surface area contributed by atoms with E-state index in [1.807, 2.05) is 6.08 Å². The smallest absolute Gasteiger partial charge is 0.195 e. The monoisotopic (exact) mass is 264 g/mol. The zero-order chi connectivity index (χ0) is 13.9. The van der Waals surface area contributed by atoms with Crippen LogP contribution in [0.2, 0.25) is 0 Å². The van der Waals surface area contributed by atoms with Crippen molar-refractivity contribution in [1.29, 1.82) is 0 Å². The van der Waals surface area contributed by atoms with E-state index in [1.54, 1.807) is 24.3 Å². The molecule has 0 amide bonds. The molecule has 1 aromatic rings. The van der Waals surface area contributed by atoms with Gasteiger partial charge in [0.2, 0.25) is 0 Å². The topological polar surface area (TPSA) is 54.4 Å². The highest BCUT2D eigenvalue weighted by Gasteiger charge is 2.38. The summed E-state index contributed by atoms with van der Waals surface area (Å²) in [5, 5.41) is 10.4. The largest absolute Gasteiger partial charge is 0.507 e. The summed E-state index contributed by atoms with van der Waals surface area (Å²) >= 11 is 0. The van der Waals surface area contributed by atoms with Crippen molar-refractivity contribution in [3.63, 3.8) is 0 Å². The molecule has 0 unspecified atom stereocenters. The molecule has 0 aliphatic heterocycles. The van der Waals surface area contributed by atoms with Crippen molar-refractivity contribution in [2.75, 3.05) is 0 Å². The summed E-state index contributed by atoms with van der Waals surface area (Å²) in [7, 11) is 0. The molecule has 0 atom stereocenters. The van der Waals surface area contributed by atoms with Crippen molar-refractivity contribution >= 4 is 17.3 Å². The first-order valence-electron chi connectivity index (χ1n) is 6.74. The first-order valence-corrected chi connectivity index (χ1v) is 6.74. The van der Waals surface area contributed by atoms with Crippen LogP contribution in [0.3, 0.4) is 0 Å². The molecule has 0 spiro atoms. The minimum absolute atomic E-state index is 0.0213. The van der Waals surface area contributed by atoms with E-state index < -0.39 is 0 Å². The summed E-state index contributed by atoms with van der Waals surface area (Å²) in [4.78, 5) is 24.8. The Bertz CT molecular complexity index is 775. The number of hydrogen-bond donors (Lipinski definition) is 1. The van der Waals surface area contributed by atoms with E-state index >= 15 is 0 Å². The van der Waals surface area contributed by atoms with Gasteiger partial charge >= 0.3 is 0 Å². The van der Waals surface area contributed by atoms with Crippen LogP contribution in [0, 0.1) is 0 Å². The van der Waals surface area contributed by atoms with Crippen LogP contribution in [0.15, 0.2) is 52.6 Å². The molecule has 0 aromatic heterocycles. The predicted molar refractivity (Wildman–Crippen MR) is 74.3 cm³/mol. The number of ketones is 2. The summed E-state index contributed by atoms with van der Waals surface area (Å²) < 4.78 is 0. The molecular weight excluding hydrogens is 252 g/mol. The molecule has 98 valence electrons. The van der Waals surface area contributed by atoms with Crippen molar-refractivity contribution < 1.29 is 14.7 Å². The second-order valence-electron chi connectivity index (χ2n) is 5.33. The molecule has 0 heterocycles. The lowest BCUT2D eigenvalue weighted by molar-refractivity contribution is -0.115. The van der Waals surface area contributed by atoms with Crippen molar-refractivity contribution in [2.45, 2.75) is 19.3 Å². The molecule has 0 radical (unpaired) electrons. The number of carbonyl (C=O) groups is 2. The summed E-state index contributed by atoms with van der Waals surface area (Å²) in [6.07, 6.45) is 3.91. The van der Waals surface area contributed by atoms with Crippen LogP contribution in [-0.4, -0.2) is 16.7 Å². The van der Waals surface area contributed by atoms with Crippen molar-refractivity contribution in [3.05, 3.63) is 63.8 Å². The fraction of sp³-hybridized carbons (Fsp3) is 0.176. The summed E-state index contributed by atoms with van der Waals surface area (Å²) in [6, 6.07) is 7.00. The van der Waals surface area contributed by atoms with Gasteiger partial charge in [-0.25, -0.2) is 0 Å². The minimum atomic E-state index is -0.148. The molecule has 0 bridgehead atoms. The predicted octanol–water partition coefficient (Wildman–Crippen LogP) is 3.14. The third kappa shape index (κ3) is 1.29. The number of aliphatic hydroxyl groups excluding tert-OH is 1. The normalized spacial score (nSPS) is 20.7. The number of aliphatic hydroxyl groups is 1. The number of rotatable bonds is 0. The molecule has 4 rings (SSSR count). The second-order valence-corrected chi connectivity index (χ2v) is 5.33. The van der Waals surface area contributed by atoms with Gasteiger partial charge in [0.25, 0.3) is 0 Å². The van der Waals surface area contributed by atoms with E-state index in [4.69, 9.17) is 0 Å². The van der Waals surface area contributed by atoms with E-state index in [0.29, 0.717) is 34.3 Å². The lowest BCUT2D eigenvalue weighted by Crippen LogP contribution is -2.18. The van der Waals surface area contributed by atoms with E-state index in [-0.39, 0.29) is 17.3 Å². The van der Waals surface area contributed by atoms with Crippen LogP contribution in [-0.2, 0) is 4.79 Å². The molecule has 1 aromatic carbocycles. The Hall–Kier alpha value is -2.42. The maximum atomic E-state index is 12.7. The van der Waals surface area contributed by atoms with Crippen molar-refractivity contribution in [1.82, 2.24) is 0 Å². The van der Waals surface area contributed by atoms with Crippen LogP contribution in [0.5, 0.6) is 0 Å². The Labute approximate surface area is 115 Å². The summed E-state index contributed by atoms with van der Waals surface area (Å²) in [5.41, 5.74) is 3.40. The summed E-state index contributed by atoms with van der Waals surface area (Å²) in [5.74, 6) is -0.0182. The number of fused-ring (bicyclic) bond motifs is 3. The third-order valence-corrected chi connectivity index (χ3v) is 4.20. The van der Waals surface area contributed by atoms with E-state index in [2.05, 4.69) is 0 Å². The maximum Gasteiger partial charge on any atom is 0.195 e. The van der Waals surface area contributed by atoms with Crippen LogP contribution in [0.1, 0.15) is 35.2 Å². The molecule has 3 nitrogen and oxygen atoms in total. The Morgan fingerprint density at radius 3 is 2.50 bits per heavy atom. The molecule has 1 N–H and O–H groups in total. The number of carbonyl (C=O) groups excluding carboxylic acids is 2. The third-order valence-electron chi connectivity index (χ3n) is 4.20. The quantitative estimate of drug-likeness (QED) is 0.783. The van der Waals surface area contributed by atoms with E-state index in [9.17, 15) is 14.7 Å². The Morgan fingerprint density at radius 2 is 1.70 bits per heavy atom. The zero-order valence-electron chi connectivity index (χ0n) is 10.8. The van der Waals surface area contributed by atoms with Gasteiger partial charge in [0.15, 0.2) is 11.6 Å². The first-order chi connectivity index (χ1) is 9.68. The van der Waals surface area contributed by atoms with Gasteiger partial charge in [-0.1, -0.05) is 24.3 Å². The first kappa shape index (κ1) is 11.4. The number of allylic oxidation sites excluding steroid dienone is 5. The van der Waals surface area contributed by atoms with Gasteiger partial charge in [0.05, 0.1) is 0 Å². The highest BCUT2D eigenvalue weighted by molar-refractivity contribution is 6.24. The lowest BCUT2D eigenvalue weighted by atomic mass is 9.83. The fourth-order valence-corrected chi connectivity index (χ4v) is 3.28. The second kappa shape index (κ2) is 3.79. The standard InChI is InChI=1S/C17H12O3/c18-13-7-3-4-9-8-12-15(14(9)13)17(20)11-6-2-1-5-10(11)16(12)19/h1-2,5-6,8,19H,3-4,7H2. The van der Waals surface area contributed by atoms with Crippen LogP contribution >= 0.6 is 0 Å². The van der Waals surface area contributed by atoms with Crippen molar-refractivity contribution in [2.24, 2.45) is 0 Å². The van der Waals surface area contributed by atoms with Gasteiger partial charge in [-0.3, -0.25) is 9.59 Å².